The summed E-state index contributed by atoms with van der Waals surface area (Å²) in [6.45, 7) is 12.7. The Labute approximate surface area is 175 Å². The first-order valence-corrected chi connectivity index (χ1v) is 11.5. The van der Waals surface area contributed by atoms with E-state index >= 15 is 0 Å². The van der Waals surface area contributed by atoms with E-state index in [2.05, 4.69) is 32.3 Å². The zero-order valence-electron chi connectivity index (χ0n) is 18.1. The van der Waals surface area contributed by atoms with Gasteiger partial charge in [-0.3, -0.25) is 4.90 Å². The fourth-order valence-electron chi connectivity index (χ4n) is 4.36. The standard InChI is InChI=1S/C22H39N5O2/c1-2-25-14-16-26(17-15-25)11-7-4-10-23-22(28)24-19-20(21-9-8-18-29-21)27-12-5-3-6-13-27/h8-9,18,20H,2-7,10-17,19H2,1H3,(H2,23,24,28). The summed E-state index contributed by atoms with van der Waals surface area (Å²) in [4.78, 5) is 19.7. The Kier molecular flexibility index (Phi) is 9.31. The number of amides is 2. The lowest BCUT2D eigenvalue weighted by Gasteiger charge is -2.34. The van der Waals surface area contributed by atoms with Crippen molar-refractivity contribution in [1.82, 2.24) is 25.3 Å². The van der Waals surface area contributed by atoms with E-state index in [1.165, 1.54) is 45.4 Å². The van der Waals surface area contributed by atoms with Crippen molar-refractivity contribution in [3.63, 3.8) is 0 Å². The summed E-state index contributed by atoms with van der Waals surface area (Å²) in [6.07, 6.45) is 7.61. The Balaban J connectivity index is 1.29. The van der Waals surface area contributed by atoms with Gasteiger partial charge >= 0.3 is 6.03 Å². The first-order valence-electron chi connectivity index (χ1n) is 11.5. The van der Waals surface area contributed by atoms with Crippen molar-refractivity contribution in [2.24, 2.45) is 0 Å². The Bertz CT molecular complexity index is 566. The lowest BCUT2D eigenvalue weighted by atomic mass is 10.1. The molecule has 2 aliphatic rings. The van der Waals surface area contributed by atoms with Crippen LogP contribution in [0.5, 0.6) is 0 Å². The quantitative estimate of drug-likeness (QED) is 0.586. The molecule has 2 fully saturated rings. The van der Waals surface area contributed by atoms with Crippen molar-refractivity contribution < 1.29 is 9.21 Å². The number of hydrogen-bond donors (Lipinski definition) is 2. The molecule has 164 valence electrons. The van der Waals surface area contributed by atoms with Crippen molar-refractivity contribution in [3.8, 4) is 0 Å². The van der Waals surface area contributed by atoms with E-state index in [9.17, 15) is 4.79 Å². The predicted molar refractivity (Wildman–Crippen MR) is 116 cm³/mol. The molecular weight excluding hydrogens is 366 g/mol. The van der Waals surface area contributed by atoms with Gasteiger partial charge in [0.1, 0.15) is 5.76 Å². The summed E-state index contributed by atoms with van der Waals surface area (Å²) in [5, 5.41) is 6.07. The van der Waals surface area contributed by atoms with Crippen LogP contribution >= 0.6 is 0 Å². The third kappa shape index (κ3) is 7.32. The summed E-state index contributed by atoms with van der Waals surface area (Å²) in [5.74, 6) is 0.940. The topological polar surface area (TPSA) is 64.0 Å². The summed E-state index contributed by atoms with van der Waals surface area (Å²) in [6, 6.07) is 3.99. The molecular formula is C22H39N5O2. The zero-order chi connectivity index (χ0) is 20.3. The molecule has 2 amide bonds. The summed E-state index contributed by atoms with van der Waals surface area (Å²) < 4.78 is 5.64. The van der Waals surface area contributed by atoms with E-state index in [0.29, 0.717) is 6.54 Å². The molecule has 0 saturated carbocycles. The van der Waals surface area contributed by atoms with Crippen LogP contribution in [0.2, 0.25) is 0 Å². The average Bonchev–Trinajstić information content (AvgIpc) is 3.29. The number of likely N-dealkylation sites (tertiary alicyclic amines) is 1. The van der Waals surface area contributed by atoms with Gasteiger partial charge in [-0.05, 0) is 64.0 Å². The van der Waals surface area contributed by atoms with Crippen LogP contribution in [0.25, 0.3) is 0 Å². The highest BCUT2D eigenvalue weighted by atomic mass is 16.3. The van der Waals surface area contributed by atoms with Crippen molar-refractivity contribution >= 4 is 6.03 Å². The molecule has 3 rings (SSSR count). The fourth-order valence-corrected chi connectivity index (χ4v) is 4.36. The monoisotopic (exact) mass is 405 g/mol. The van der Waals surface area contributed by atoms with Gasteiger partial charge in [0.2, 0.25) is 0 Å². The number of likely N-dealkylation sites (N-methyl/N-ethyl adjacent to an activating group) is 1. The van der Waals surface area contributed by atoms with Crippen LogP contribution in [0.4, 0.5) is 4.79 Å². The second-order valence-electron chi connectivity index (χ2n) is 8.25. The number of carbonyl (C=O) groups excluding carboxylic acids is 1. The van der Waals surface area contributed by atoms with Crippen LogP contribution in [0, 0.1) is 0 Å². The van der Waals surface area contributed by atoms with E-state index in [-0.39, 0.29) is 12.1 Å². The fraction of sp³-hybridized carbons (Fsp3) is 0.773. The lowest BCUT2D eigenvalue weighted by Crippen LogP contribution is -2.46. The molecule has 2 aliphatic heterocycles. The van der Waals surface area contributed by atoms with E-state index in [1.54, 1.807) is 6.26 Å². The van der Waals surface area contributed by atoms with Crippen LogP contribution in [0.15, 0.2) is 22.8 Å². The first kappa shape index (κ1) is 22.1. The number of piperazine rings is 1. The molecule has 3 heterocycles. The molecule has 7 heteroatoms. The van der Waals surface area contributed by atoms with Crippen molar-refractivity contribution in [1.29, 1.82) is 0 Å². The van der Waals surface area contributed by atoms with Gasteiger partial charge in [0.15, 0.2) is 0 Å². The smallest absolute Gasteiger partial charge is 0.314 e. The van der Waals surface area contributed by atoms with Crippen LogP contribution < -0.4 is 10.6 Å². The summed E-state index contributed by atoms with van der Waals surface area (Å²) in [7, 11) is 0. The van der Waals surface area contributed by atoms with Gasteiger partial charge in [0.25, 0.3) is 0 Å². The minimum absolute atomic E-state index is 0.0740. The molecule has 0 aliphatic carbocycles. The van der Waals surface area contributed by atoms with Gasteiger partial charge in [-0.25, -0.2) is 4.79 Å². The van der Waals surface area contributed by atoms with Crippen LogP contribution in [-0.2, 0) is 0 Å². The van der Waals surface area contributed by atoms with E-state index in [4.69, 9.17) is 4.42 Å². The number of furan rings is 1. The third-order valence-electron chi connectivity index (χ3n) is 6.26. The number of nitrogens with one attached hydrogen (secondary N) is 2. The molecule has 0 aromatic carbocycles. The second-order valence-corrected chi connectivity index (χ2v) is 8.25. The van der Waals surface area contributed by atoms with Crippen LogP contribution in [-0.4, -0.2) is 86.2 Å². The number of unbranched alkanes of at least 4 members (excludes halogenated alkanes) is 1. The molecule has 1 aromatic rings. The highest BCUT2D eigenvalue weighted by Crippen LogP contribution is 2.24. The number of nitrogens with zero attached hydrogens (tertiary/aromatic N) is 3. The average molecular weight is 406 g/mol. The molecule has 2 saturated heterocycles. The Hall–Kier alpha value is -1.57. The molecule has 1 aromatic heterocycles. The third-order valence-corrected chi connectivity index (χ3v) is 6.26. The van der Waals surface area contributed by atoms with E-state index < -0.39 is 0 Å². The summed E-state index contributed by atoms with van der Waals surface area (Å²) >= 11 is 0. The number of rotatable bonds is 10. The minimum Gasteiger partial charge on any atom is -0.468 e. The predicted octanol–water partition coefficient (Wildman–Crippen LogP) is 2.52. The zero-order valence-corrected chi connectivity index (χ0v) is 18.1. The van der Waals surface area contributed by atoms with Crippen molar-refractivity contribution in [3.05, 3.63) is 24.2 Å². The molecule has 1 atom stereocenters. The normalized spacial score (nSPS) is 20.4. The van der Waals surface area contributed by atoms with Gasteiger partial charge < -0.3 is 24.9 Å². The maximum Gasteiger partial charge on any atom is 0.314 e. The molecule has 0 spiro atoms. The highest BCUT2D eigenvalue weighted by Gasteiger charge is 2.24. The SMILES string of the molecule is CCN1CCN(CCCCNC(=O)NCC(c2ccco2)N2CCCCC2)CC1. The molecule has 7 nitrogen and oxygen atoms in total. The Morgan fingerprint density at radius 1 is 1.03 bits per heavy atom. The summed E-state index contributed by atoms with van der Waals surface area (Å²) in [5.41, 5.74) is 0. The van der Waals surface area contributed by atoms with Gasteiger partial charge in [-0.15, -0.1) is 0 Å². The van der Waals surface area contributed by atoms with Crippen molar-refractivity contribution in [2.75, 3.05) is 65.4 Å². The largest absolute Gasteiger partial charge is 0.468 e. The number of piperidine rings is 1. The molecule has 0 radical (unpaired) electrons. The Morgan fingerprint density at radius 2 is 1.79 bits per heavy atom. The molecule has 1 unspecified atom stereocenters. The van der Waals surface area contributed by atoms with E-state index in [1.807, 2.05) is 12.1 Å². The minimum atomic E-state index is -0.0740. The maximum atomic E-state index is 12.2. The number of carbonyl (C=O) groups is 1. The van der Waals surface area contributed by atoms with Crippen LogP contribution in [0.3, 0.4) is 0 Å². The van der Waals surface area contributed by atoms with Gasteiger partial charge in [0.05, 0.1) is 12.3 Å². The van der Waals surface area contributed by atoms with Gasteiger partial charge in [-0.1, -0.05) is 13.3 Å². The van der Waals surface area contributed by atoms with E-state index in [0.717, 1.165) is 51.3 Å². The number of hydrogen-bond acceptors (Lipinski definition) is 5. The Morgan fingerprint density at radius 3 is 2.48 bits per heavy atom. The lowest BCUT2D eigenvalue weighted by molar-refractivity contribution is 0.135. The van der Waals surface area contributed by atoms with Crippen LogP contribution in [0.1, 0.15) is 50.8 Å². The molecule has 2 N–H and O–H groups in total. The van der Waals surface area contributed by atoms with Gasteiger partial charge in [-0.2, -0.15) is 0 Å². The van der Waals surface area contributed by atoms with Gasteiger partial charge in [0, 0.05) is 39.3 Å². The first-order chi connectivity index (χ1) is 14.3. The second kappa shape index (κ2) is 12.2. The highest BCUT2D eigenvalue weighted by molar-refractivity contribution is 5.73. The number of urea groups is 1. The molecule has 29 heavy (non-hydrogen) atoms. The molecule has 0 bridgehead atoms. The van der Waals surface area contributed by atoms with Crippen molar-refractivity contribution in [2.45, 2.75) is 45.1 Å². The maximum absolute atomic E-state index is 12.2.